The van der Waals surface area contributed by atoms with Crippen LogP contribution in [-0.2, 0) is 17.7 Å². The number of nitrogens with one attached hydrogen (secondary N) is 2. The number of rotatable bonds is 6. The van der Waals surface area contributed by atoms with Crippen molar-refractivity contribution in [3.8, 4) is 0 Å². The summed E-state index contributed by atoms with van der Waals surface area (Å²) in [5.74, 6) is 0.229. The molecule has 1 fully saturated rings. The lowest BCUT2D eigenvalue weighted by Crippen LogP contribution is -2.22. The Morgan fingerprint density at radius 3 is 2.26 bits per heavy atom. The molecule has 0 radical (unpaired) electrons. The maximum atomic E-state index is 12.3. The van der Waals surface area contributed by atoms with Crippen LogP contribution in [0, 0.1) is 5.92 Å². The largest absolute Gasteiger partial charge is 0.465 e. The van der Waals surface area contributed by atoms with Crippen LogP contribution in [0.4, 0.5) is 0 Å². The molecule has 1 unspecified atom stereocenters. The third-order valence-corrected chi connectivity index (χ3v) is 4.73. The lowest BCUT2D eigenvalue weighted by molar-refractivity contribution is 0.0600. The van der Waals surface area contributed by atoms with Crippen LogP contribution in [0.15, 0.2) is 48.5 Å². The number of carbonyl (C=O) groups is 2. The molecule has 27 heavy (non-hydrogen) atoms. The van der Waals surface area contributed by atoms with Gasteiger partial charge >= 0.3 is 5.97 Å². The van der Waals surface area contributed by atoms with E-state index in [9.17, 15) is 9.59 Å². The molecule has 5 nitrogen and oxygen atoms in total. The SMILES string of the molecule is COC(=O)c1ccc(CNC(=O)c2ccc(CC3CCNC3)cc2)cc1.Cl. The minimum Gasteiger partial charge on any atom is -0.465 e. The smallest absolute Gasteiger partial charge is 0.337 e. The van der Waals surface area contributed by atoms with Gasteiger partial charge in [-0.25, -0.2) is 4.79 Å². The Morgan fingerprint density at radius 2 is 1.67 bits per heavy atom. The molecule has 0 spiro atoms. The zero-order valence-corrected chi connectivity index (χ0v) is 16.2. The first-order chi connectivity index (χ1) is 12.7. The predicted octanol–water partition coefficient (Wildman–Crippen LogP) is 2.98. The van der Waals surface area contributed by atoms with Crippen molar-refractivity contribution in [1.82, 2.24) is 10.6 Å². The number of halogens is 1. The maximum Gasteiger partial charge on any atom is 0.337 e. The number of methoxy groups -OCH3 is 1. The Bertz CT molecular complexity index is 754. The van der Waals surface area contributed by atoms with Crippen molar-refractivity contribution in [3.63, 3.8) is 0 Å². The summed E-state index contributed by atoms with van der Waals surface area (Å²) in [6.07, 6.45) is 2.28. The average molecular weight is 389 g/mol. The molecule has 0 aromatic heterocycles. The standard InChI is InChI=1S/C21H24N2O3.ClH/c1-26-21(25)19-8-4-16(5-9-19)14-23-20(24)18-6-2-15(3-7-18)12-17-10-11-22-13-17;/h2-9,17,22H,10-14H2,1H3,(H,23,24);1H. The Labute approximate surface area is 165 Å². The van der Waals surface area contributed by atoms with Gasteiger partial charge in [0.25, 0.3) is 5.91 Å². The van der Waals surface area contributed by atoms with Crippen molar-refractivity contribution in [2.45, 2.75) is 19.4 Å². The molecule has 1 amide bonds. The first-order valence-corrected chi connectivity index (χ1v) is 8.91. The van der Waals surface area contributed by atoms with Crippen LogP contribution in [0.25, 0.3) is 0 Å². The second kappa shape index (κ2) is 10.1. The van der Waals surface area contributed by atoms with E-state index in [0.717, 1.165) is 25.1 Å². The molecule has 1 aliphatic heterocycles. The third kappa shape index (κ3) is 5.81. The number of carbonyl (C=O) groups excluding carboxylic acids is 2. The molecule has 0 aliphatic carbocycles. The fourth-order valence-corrected chi connectivity index (χ4v) is 3.18. The van der Waals surface area contributed by atoms with E-state index in [2.05, 4.69) is 15.4 Å². The fraction of sp³-hybridized carbons (Fsp3) is 0.333. The average Bonchev–Trinajstić information content (AvgIpc) is 3.19. The maximum absolute atomic E-state index is 12.3. The molecule has 6 heteroatoms. The quantitative estimate of drug-likeness (QED) is 0.746. The second-order valence-electron chi connectivity index (χ2n) is 6.63. The van der Waals surface area contributed by atoms with Gasteiger partial charge in [-0.3, -0.25) is 4.79 Å². The van der Waals surface area contributed by atoms with Crippen molar-refractivity contribution < 1.29 is 14.3 Å². The van der Waals surface area contributed by atoms with Crippen molar-refractivity contribution in [3.05, 3.63) is 70.8 Å². The van der Waals surface area contributed by atoms with E-state index in [4.69, 9.17) is 0 Å². The molecule has 2 aromatic carbocycles. The van der Waals surface area contributed by atoms with E-state index in [1.807, 2.05) is 36.4 Å². The number of benzene rings is 2. The molecule has 144 valence electrons. The summed E-state index contributed by atoms with van der Waals surface area (Å²) in [6.45, 7) is 2.60. The Kier molecular flexibility index (Phi) is 7.82. The van der Waals surface area contributed by atoms with E-state index in [1.54, 1.807) is 12.1 Å². The Morgan fingerprint density at radius 1 is 1.04 bits per heavy atom. The highest BCUT2D eigenvalue weighted by molar-refractivity contribution is 5.94. The summed E-state index contributed by atoms with van der Waals surface area (Å²) in [6, 6.07) is 14.9. The van der Waals surface area contributed by atoms with Crippen LogP contribution in [-0.4, -0.2) is 32.1 Å². The Hall–Kier alpha value is -2.37. The fourth-order valence-electron chi connectivity index (χ4n) is 3.18. The van der Waals surface area contributed by atoms with Crippen LogP contribution >= 0.6 is 12.4 Å². The number of hydrogen-bond acceptors (Lipinski definition) is 4. The van der Waals surface area contributed by atoms with Gasteiger partial charge in [-0.05, 0) is 67.2 Å². The van der Waals surface area contributed by atoms with E-state index >= 15 is 0 Å². The lowest BCUT2D eigenvalue weighted by Gasteiger charge is -2.09. The molecule has 1 atom stereocenters. The molecular formula is C21H25ClN2O3. The van der Waals surface area contributed by atoms with Gasteiger partial charge in [-0.1, -0.05) is 24.3 Å². The van der Waals surface area contributed by atoms with Gasteiger partial charge in [0.1, 0.15) is 0 Å². The summed E-state index contributed by atoms with van der Waals surface area (Å²) in [4.78, 5) is 23.7. The first-order valence-electron chi connectivity index (χ1n) is 8.91. The van der Waals surface area contributed by atoms with Crippen molar-refractivity contribution >= 4 is 24.3 Å². The molecule has 1 saturated heterocycles. The van der Waals surface area contributed by atoms with Crippen molar-refractivity contribution in [2.24, 2.45) is 5.92 Å². The predicted molar refractivity (Wildman–Crippen MR) is 107 cm³/mol. The molecule has 2 aromatic rings. The van der Waals surface area contributed by atoms with Crippen LogP contribution in [0.1, 0.15) is 38.3 Å². The Balaban J connectivity index is 0.00000261. The number of esters is 1. The molecule has 1 heterocycles. The van der Waals surface area contributed by atoms with Gasteiger partial charge in [0.2, 0.25) is 0 Å². The third-order valence-electron chi connectivity index (χ3n) is 4.73. The van der Waals surface area contributed by atoms with Crippen molar-refractivity contribution in [1.29, 1.82) is 0 Å². The highest BCUT2D eigenvalue weighted by Gasteiger charge is 2.15. The van der Waals surface area contributed by atoms with Gasteiger partial charge in [0, 0.05) is 12.1 Å². The number of amides is 1. The lowest BCUT2D eigenvalue weighted by atomic mass is 9.98. The summed E-state index contributed by atoms with van der Waals surface area (Å²) < 4.78 is 4.67. The van der Waals surface area contributed by atoms with Crippen molar-refractivity contribution in [2.75, 3.05) is 20.2 Å². The number of ether oxygens (including phenoxy) is 1. The van der Waals surface area contributed by atoms with Crippen LogP contribution < -0.4 is 10.6 Å². The summed E-state index contributed by atoms with van der Waals surface area (Å²) >= 11 is 0. The van der Waals surface area contributed by atoms with E-state index in [1.165, 1.54) is 19.1 Å². The molecule has 0 bridgehead atoms. The topological polar surface area (TPSA) is 67.4 Å². The van der Waals surface area contributed by atoms with E-state index < -0.39 is 0 Å². The second-order valence-corrected chi connectivity index (χ2v) is 6.63. The summed E-state index contributed by atoms with van der Waals surface area (Å²) in [7, 11) is 1.35. The van der Waals surface area contributed by atoms with Gasteiger partial charge in [0.05, 0.1) is 12.7 Å². The monoisotopic (exact) mass is 388 g/mol. The molecule has 3 rings (SSSR count). The number of hydrogen-bond donors (Lipinski definition) is 2. The molecular weight excluding hydrogens is 364 g/mol. The van der Waals surface area contributed by atoms with Crippen LogP contribution in [0.2, 0.25) is 0 Å². The van der Waals surface area contributed by atoms with Gasteiger partial charge < -0.3 is 15.4 Å². The van der Waals surface area contributed by atoms with E-state index in [0.29, 0.717) is 23.6 Å². The van der Waals surface area contributed by atoms with Crippen LogP contribution in [0.3, 0.4) is 0 Å². The molecule has 0 saturated carbocycles. The summed E-state index contributed by atoms with van der Waals surface area (Å²) in [5, 5.41) is 6.28. The zero-order valence-electron chi connectivity index (χ0n) is 15.4. The van der Waals surface area contributed by atoms with Gasteiger partial charge in [-0.2, -0.15) is 0 Å². The van der Waals surface area contributed by atoms with Gasteiger partial charge in [0.15, 0.2) is 0 Å². The summed E-state index contributed by atoms with van der Waals surface area (Å²) in [5.41, 5.74) is 3.35. The minimum atomic E-state index is -0.367. The molecule has 1 aliphatic rings. The minimum absolute atomic E-state index is 0. The van der Waals surface area contributed by atoms with Gasteiger partial charge in [-0.15, -0.1) is 12.4 Å². The zero-order chi connectivity index (χ0) is 18.4. The first kappa shape index (κ1) is 20.9. The normalized spacial score (nSPS) is 15.7. The van der Waals surface area contributed by atoms with Crippen LogP contribution in [0.5, 0.6) is 0 Å². The van der Waals surface area contributed by atoms with E-state index in [-0.39, 0.29) is 24.3 Å². The molecule has 2 N–H and O–H groups in total. The highest BCUT2D eigenvalue weighted by atomic mass is 35.5. The highest BCUT2D eigenvalue weighted by Crippen LogP contribution is 2.16.